The number of aliphatic imine (C=N–C) groups is 1. The van der Waals surface area contributed by atoms with Crippen molar-refractivity contribution in [1.82, 2.24) is 15.2 Å². The van der Waals surface area contributed by atoms with E-state index in [9.17, 15) is 13.2 Å². The summed E-state index contributed by atoms with van der Waals surface area (Å²) in [4.78, 5) is 7.15. The molecule has 0 amide bonds. The predicted octanol–water partition coefficient (Wildman–Crippen LogP) is 4.91. The van der Waals surface area contributed by atoms with Crippen molar-refractivity contribution in [2.75, 3.05) is 11.6 Å². The lowest BCUT2D eigenvalue weighted by Crippen LogP contribution is -2.14. The summed E-state index contributed by atoms with van der Waals surface area (Å²) in [6, 6.07) is 10.7. The van der Waals surface area contributed by atoms with Crippen molar-refractivity contribution in [2.24, 2.45) is 16.5 Å². The fourth-order valence-corrected chi connectivity index (χ4v) is 3.03. The lowest BCUT2D eigenvalue weighted by Gasteiger charge is -2.13. The van der Waals surface area contributed by atoms with Gasteiger partial charge in [-0.05, 0) is 55.1 Å². The SMILES string of the molecule is C=C(/N=C(\C=C(N)N)Oc1ccc(-c2nnc(Nc3cccc(C(F)(F)F)c3C)[nH]2)cc1)SC. The second-order valence-corrected chi connectivity index (χ2v) is 7.82. The van der Waals surface area contributed by atoms with Gasteiger partial charge in [-0.3, -0.25) is 0 Å². The number of aromatic amines is 1. The average molecular weight is 490 g/mol. The van der Waals surface area contributed by atoms with Crippen molar-refractivity contribution < 1.29 is 17.9 Å². The number of aromatic nitrogens is 3. The Morgan fingerprint density at radius 2 is 1.88 bits per heavy atom. The second-order valence-electron chi connectivity index (χ2n) is 6.94. The first-order valence-corrected chi connectivity index (χ1v) is 11.0. The largest absolute Gasteiger partial charge is 0.439 e. The number of nitrogens with one attached hydrogen (secondary N) is 2. The summed E-state index contributed by atoms with van der Waals surface area (Å²) in [5.41, 5.74) is 11.3. The van der Waals surface area contributed by atoms with Crippen LogP contribution in [0.25, 0.3) is 11.4 Å². The quantitative estimate of drug-likeness (QED) is 0.274. The van der Waals surface area contributed by atoms with Crippen LogP contribution in [-0.2, 0) is 6.18 Å². The molecule has 12 heteroatoms. The minimum Gasteiger partial charge on any atom is -0.439 e. The summed E-state index contributed by atoms with van der Waals surface area (Å²) in [6.07, 6.45) is -1.25. The molecule has 0 spiro atoms. The summed E-state index contributed by atoms with van der Waals surface area (Å²) in [5, 5.41) is 11.4. The first-order chi connectivity index (χ1) is 16.1. The van der Waals surface area contributed by atoms with Gasteiger partial charge in [-0.2, -0.15) is 13.2 Å². The molecule has 3 rings (SSSR count). The summed E-state index contributed by atoms with van der Waals surface area (Å²) < 4.78 is 45.1. The Morgan fingerprint density at radius 3 is 2.50 bits per heavy atom. The molecule has 0 aliphatic carbocycles. The molecule has 3 aromatic rings. The van der Waals surface area contributed by atoms with Crippen LogP contribution in [0.15, 0.2) is 71.0 Å². The average Bonchev–Trinajstić information content (AvgIpc) is 3.23. The van der Waals surface area contributed by atoms with Gasteiger partial charge < -0.3 is 26.5 Å². The molecule has 0 aliphatic heterocycles. The second kappa shape index (κ2) is 10.3. The van der Waals surface area contributed by atoms with Gasteiger partial charge in [-0.1, -0.05) is 12.6 Å². The van der Waals surface area contributed by atoms with E-state index < -0.39 is 11.7 Å². The van der Waals surface area contributed by atoms with E-state index in [-0.39, 0.29) is 28.9 Å². The molecular formula is C22H22F3N7OS. The molecule has 178 valence electrons. The molecular weight excluding hydrogens is 467 g/mol. The van der Waals surface area contributed by atoms with E-state index in [0.29, 0.717) is 22.2 Å². The van der Waals surface area contributed by atoms with Crippen LogP contribution in [0.4, 0.5) is 24.8 Å². The molecule has 6 N–H and O–H groups in total. The maximum Gasteiger partial charge on any atom is 0.416 e. The van der Waals surface area contributed by atoms with Crippen LogP contribution in [0.5, 0.6) is 5.75 Å². The predicted molar refractivity (Wildman–Crippen MR) is 128 cm³/mol. The molecule has 1 heterocycles. The van der Waals surface area contributed by atoms with Gasteiger partial charge >= 0.3 is 6.18 Å². The Balaban J connectivity index is 1.76. The summed E-state index contributed by atoms with van der Waals surface area (Å²) in [7, 11) is 0. The number of hydrogen-bond donors (Lipinski definition) is 4. The number of thioether (sulfide) groups is 1. The molecule has 0 saturated heterocycles. The van der Waals surface area contributed by atoms with Crippen molar-refractivity contribution in [1.29, 1.82) is 0 Å². The highest BCUT2D eigenvalue weighted by Gasteiger charge is 2.33. The van der Waals surface area contributed by atoms with Gasteiger partial charge in [0.05, 0.1) is 16.4 Å². The number of ether oxygens (including phenoxy) is 1. The van der Waals surface area contributed by atoms with Gasteiger partial charge in [-0.15, -0.1) is 22.0 Å². The number of anilines is 2. The van der Waals surface area contributed by atoms with Crippen LogP contribution >= 0.6 is 11.8 Å². The zero-order chi connectivity index (χ0) is 24.9. The third-order valence-corrected chi connectivity index (χ3v) is 5.05. The third-order valence-electron chi connectivity index (χ3n) is 4.49. The van der Waals surface area contributed by atoms with E-state index >= 15 is 0 Å². The topological polar surface area (TPSA) is 127 Å². The van der Waals surface area contributed by atoms with Gasteiger partial charge in [-0.25, -0.2) is 4.99 Å². The van der Waals surface area contributed by atoms with E-state index in [2.05, 4.69) is 32.1 Å². The number of benzene rings is 2. The lowest BCUT2D eigenvalue weighted by molar-refractivity contribution is -0.138. The smallest absolute Gasteiger partial charge is 0.416 e. The van der Waals surface area contributed by atoms with Gasteiger partial charge in [0.15, 0.2) is 5.82 Å². The van der Waals surface area contributed by atoms with E-state index in [1.165, 1.54) is 36.9 Å². The molecule has 8 nitrogen and oxygen atoms in total. The Kier molecular flexibility index (Phi) is 7.51. The number of nitrogens with zero attached hydrogens (tertiary/aromatic N) is 3. The van der Waals surface area contributed by atoms with Gasteiger partial charge in [0.25, 0.3) is 0 Å². The molecule has 0 radical (unpaired) electrons. The van der Waals surface area contributed by atoms with Gasteiger partial charge in [0.2, 0.25) is 11.8 Å². The molecule has 0 bridgehead atoms. The lowest BCUT2D eigenvalue weighted by atomic mass is 10.1. The zero-order valence-electron chi connectivity index (χ0n) is 18.3. The first kappa shape index (κ1) is 24.7. The van der Waals surface area contributed by atoms with Crippen molar-refractivity contribution in [3.8, 4) is 17.1 Å². The maximum atomic E-state index is 13.1. The Labute approximate surface area is 198 Å². The highest BCUT2D eigenvalue weighted by Crippen LogP contribution is 2.35. The van der Waals surface area contributed by atoms with Crippen molar-refractivity contribution >= 4 is 29.3 Å². The molecule has 0 fully saturated rings. The van der Waals surface area contributed by atoms with E-state index in [4.69, 9.17) is 16.2 Å². The standard InChI is InChI=1S/C22H22F3N7OS/c1-12-16(22(23,24)25)5-4-6-17(12)29-21-30-20(31-32-21)14-7-9-15(10-8-14)33-19(11-18(26)27)28-13(2)34-3/h4-11H,2,26-27H2,1,3H3,(H2,29,30,31,32)/b28-19+. The number of rotatable bonds is 7. The number of nitrogens with two attached hydrogens (primary N) is 2. The van der Waals surface area contributed by atoms with Crippen LogP contribution < -0.4 is 21.5 Å². The Morgan fingerprint density at radius 1 is 1.18 bits per heavy atom. The molecule has 1 aromatic heterocycles. The normalized spacial score (nSPS) is 11.7. The molecule has 0 unspecified atom stereocenters. The number of H-pyrrole nitrogens is 1. The fraction of sp³-hybridized carbons (Fsp3) is 0.136. The fourth-order valence-electron chi connectivity index (χ4n) is 2.85. The van der Waals surface area contributed by atoms with Crippen LogP contribution in [-0.4, -0.2) is 27.3 Å². The van der Waals surface area contributed by atoms with Crippen LogP contribution in [0.2, 0.25) is 0 Å². The van der Waals surface area contributed by atoms with Crippen LogP contribution in [0.3, 0.4) is 0 Å². The van der Waals surface area contributed by atoms with Crippen molar-refractivity contribution in [3.05, 3.63) is 77.1 Å². The summed E-state index contributed by atoms with van der Waals surface area (Å²) in [5.74, 6) is 1.28. The Hall–Kier alpha value is -3.93. The minimum absolute atomic E-state index is 0.0296. The number of hydrogen-bond acceptors (Lipinski definition) is 8. The minimum atomic E-state index is -4.45. The molecule has 0 atom stereocenters. The first-order valence-electron chi connectivity index (χ1n) is 9.76. The van der Waals surface area contributed by atoms with Crippen LogP contribution in [0.1, 0.15) is 11.1 Å². The summed E-state index contributed by atoms with van der Waals surface area (Å²) in [6.45, 7) is 5.16. The zero-order valence-corrected chi connectivity index (χ0v) is 19.1. The molecule has 34 heavy (non-hydrogen) atoms. The Bertz CT molecular complexity index is 1230. The van der Waals surface area contributed by atoms with Crippen molar-refractivity contribution in [3.63, 3.8) is 0 Å². The maximum absolute atomic E-state index is 13.1. The van der Waals surface area contributed by atoms with Crippen molar-refractivity contribution in [2.45, 2.75) is 13.1 Å². The highest BCUT2D eigenvalue weighted by molar-refractivity contribution is 8.02. The van der Waals surface area contributed by atoms with E-state index in [0.717, 1.165) is 6.07 Å². The molecule has 0 saturated carbocycles. The van der Waals surface area contributed by atoms with E-state index in [1.807, 2.05) is 6.26 Å². The monoisotopic (exact) mass is 489 g/mol. The third kappa shape index (κ3) is 6.32. The molecule has 2 aromatic carbocycles. The number of alkyl halides is 3. The van der Waals surface area contributed by atoms with E-state index in [1.54, 1.807) is 24.3 Å². The van der Waals surface area contributed by atoms with Gasteiger partial charge in [0, 0.05) is 17.3 Å². The number of halogens is 3. The molecule has 0 aliphatic rings. The highest BCUT2D eigenvalue weighted by atomic mass is 32.2. The van der Waals surface area contributed by atoms with Crippen LogP contribution in [0, 0.1) is 6.92 Å². The van der Waals surface area contributed by atoms with Gasteiger partial charge in [0.1, 0.15) is 5.75 Å². The summed E-state index contributed by atoms with van der Waals surface area (Å²) >= 11 is 1.34.